The summed E-state index contributed by atoms with van der Waals surface area (Å²) in [5.74, 6) is -0.263. The summed E-state index contributed by atoms with van der Waals surface area (Å²) >= 11 is 0. The molecule has 1 heterocycles. The standard InChI is InChI=1S/C12H20N2O2/c1-4-5-6-11-13(3)7-8-14(11)9-10(2)12(15)16/h7-8,10H,4-6,9H2,1-3H3. The van der Waals surface area contributed by atoms with Crippen molar-refractivity contribution < 1.29 is 14.5 Å². The van der Waals surface area contributed by atoms with Crippen LogP contribution in [0.25, 0.3) is 0 Å². The molecule has 0 aliphatic heterocycles. The number of unbranched alkanes of at least 4 members (excludes halogenated alkanes) is 1. The number of hydrogen-bond donors (Lipinski definition) is 0. The molecule has 0 N–H and O–H groups in total. The van der Waals surface area contributed by atoms with Gasteiger partial charge in [-0.15, -0.1) is 0 Å². The van der Waals surface area contributed by atoms with Crippen molar-refractivity contribution in [1.82, 2.24) is 4.57 Å². The molecule has 0 saturated carbocycles. The first-order valence-corrected chi connectivity index (χ1v) is 5.80. The van der Waals surface area contributed by atoms with Crippen LogP contribution in [0.5, 0.6) is 0 Å². The predicted octanol–water partition coefficient (Wildman–Crippen LogP) is 0.0412. The third kappa shape index (κ3) is 3.08. The van der Waals surface area contributed by atoms with Gasteiger partial charge in [0.2, 0.25) is 0 Å². The van der Waals surface area contributed by atoms with Crippen molar-refractivity contribution in [1.29, 1.82) is 0 Å². The average molecular weight is 224 g/mol. The lowest BCUT2D eigenvalue weighted by Gasteiger charge is -2.11. The van der Waals surface area contributed by atoms with Crippen LogP contribution in [-0.4, -0.2) is 10.5 Å². The molecule has 1 aromatic heterocycles. The van der Waals surface area contributed by atoms with Crippen LogP contribution < -0.4 is 9.67 Å². The number of hydrogen-bond acceptors (Lipinski definition) is 2. The molecule has 1 rings (SSSR count). The number of aryl methyl sites for hydroxylation is 1. The topological polar surface area (TPSA) is 48.9 Å². The van der Waals surface area contributed by atoms with Gasteiger partial charge in [-0.25, -0.2) is 9.13 Å². The van der Waals surface area contributed by atoms with Gasteiger partial charge in [-0.2, -0.15) is 0 Å². The van der Waals surface area contributed by atoms with Crippen molar-refractivity contribution in [2.45, 2.75) is 39.7 Å². The highest BCUT2D eigenvalue weighted by atomic mass is 16.4. The van der Waals surface area contributed by atoms with Crippen molar-refractivity contribution in [3.05, 3.63) is 18.2 Å². The second-order valence-electron chi connectivity index (χ2n) is 4.30. The molecular formula is C12H20N2O2. The van der Waals surface area contributed by atoms with E-state index in [1.165, 1.54) is 5.82 Å². The molecule has 4 nitrogen and oxygen atoms in total. The molecule has 0 aromatic carbocycles. The molecule has 0 saturated heterocycles. The summed E-state index contributed by atoms with van der Waals surface area (Å²) < 4.78 is 4.06. The summed E-state index contributed by atoms with van der Waals surface area (Å²) in [6.07, 6.45) is 7.15. The van der Waals surface area contributed by atoms with Gasteiger partial charge < -0.3 is 9.90 Å². The van der Waals surface area contributed by atoms with E-state index in [1.807, 2.05) is 24.0 Å². The Morgan fingerprint density at radius 3 is 2.88 bits per heavy atom. The van der Waals surface area contributed by atoms with Crippen LogP contribution in [0.15, 0.2) is 12.4 Å². The second kappa shape index (κ2) is 5.68. The SMILES string of the molecule is CCCCc1n(CC(C)C(=O)[O-])cc[n+]1C. The average Bonchev–Trinajstić information content (AvgIpc) is 2.57. The Balaban J connectivity index is 2.75. The summed E-state index contributed by atoms with van der Waals surface area (Å²) in [5.41, 5.74) is 0. The Morgan fingerprint density at radius 2 is 2.31 bits per heavy atom. The Morgan fingerprint density at radius 1 is 1.62 bits per heavy atom. The van der Waals surface area contributed by atoms with Gasteiger partial charge >= 0.3 is 0 Å². The highest BCUT2D eigenvalue weighted by molar-refractivity contribution is 5.66. The zero-order valence-electron chi connectivity index (χ0n) is 10.3. The van der Waals surface area contributed by atoms with E-state index in [9.17, 15) is 9.90 Å². The zero-order valence-corrected chi connectivity index (χ0v) is 10.3. The summed E-state index contributed by atoms with van der Waals surface area (Å²) in [6, 6.07) is 0. The third-order valence-corrected chi connectivity index (χ3v) is 2.84. The van der Waals surface area contributed by atoms with E-state index in [0.717, 1.165) is 19.3 Å². The fraction of sp³-hybridized carbons (Fsp3) is 0.667. The minimum absolute atomic E-state index is 0.451. The Hall–Kier alpha value is -1.32. The molecule has 4 heteroatoms. The lowest BCUT2D eigenvalue weighted by Crippen LogP contribution is -2.35. The molecule has 0 aliphatic carbocycles. The number of carboxylic acids is 1. The number of rotatable bonds is 6. The van der Waals surface area contributed by atoms with E-state index >= 15 is 0 Å². The lowest BCUT2D eigenvalue weighted by atomic mass is 10.2. The smallest absolute Gasteiger partial charge is 0.256 e. The Labute approximate surface area is 96.5 Å². The molecule has 1 unspecified atom stereocenters. The largest absolute Gasteiger partial charge is 0.550 e. The quantitative estimate of drug-likeness (QED) is 0.641. The minimum atomic E-state index is -0.988. The molecular weight excluding hydrogens is 204 g/mol. The van der Waals surface area contributed by atoms with Gasteiger partial charge in [-0.1, -0.05) is 20.3 Å². The summed E-state index contributed by atoms with van der Waals surface area (Å²) in [7, 11) is 1.99. The maximum absolute atomic E-state index is 10.7. The number of carboxylic acid groups (broad SMARTS) is 1. The first-order valence-electron chi connectivity index (χ1n) is 5.80. The van der Waals surface area contributed by atoms with E-state index in [1.54, 1.807) is 6.92 Å². The summed E-state index contributed by atoms with van der Waals surface area (Å²) in [4.78, 5) is 10.7. The first kappa shape index (κ1) is 12.7. The Kier molecular flexibility index (Phi) is 4.52. The molecule has 0 amide bonds. The van der Waals surface area contributed by atoms with Crippen LogP contribution in [0.4, 0.5) is 0 Å². The minimum Gasteiger partial charge on any atom is -0.550 e. The van der Waals surface area contributed by atoms with Crippen LogP contribution in [0.2, 0.25) is 0 Å². The Bertz CT molecular complexity index is 358. The number of aliphatic carboxylic acids is 1. The number of carbonyl (C=O) groups is 1. The fourth-order valence-electron chi connectivity index (χ4n) is 1.75. The van der Waals surface area contributed by atoms with Crippen molar-refractivity contribution in [2.75, 3.05) is 0 Å². The van der Waals surface area contributed by atoms with Crippen molar-refractivity contribution in [3.8, 4) is 0 Å². The summed E-state index contributed by atoms with van der Waals surface area (Å²) in [5, 5.41) is 10.7. The highest BCUT2D eigenvalue weighted by Gasteiger charge is 2.16. The molecule has 0 aliphatic rings. The molecule has 0 spiro atoms. The van der Waals surface area contributed by atoms with E-state index in [2.05, 4.69) is 11.5 Å². The zero-order chi connectivity index (χ0) is 12.1. The first-order chi connectivity index (χ1) is 7.56. The van der Waals surface area contributed by atoms with Gasteiger partial charge in [0.15, 0.2) is 0 Å². The van der Waals surface area contributed by atoms with E-state index < -0.39 is 11.9 Å². The van der Waals surface area contributed by atoms with E-state index in [4.69, 9.17) is 0 Å². The predicted molar refractivity (Wildman–Crippen MR) is 58.4 cm³/mol. The molecule has 90 valence electrons. The maximum Gasteiger partial charge on any atom is 0.256 e. The molecule has 0 bridgehead atoms. The van der Waals surface area contributed by atoms with Crippen LogP contribution >= 0.6 is 0 Å². The van der Waals surface area contributed by atoms with Gasteiger partial charge in [0.25, 0.3) is 5.82 Å². The molecule has 0 fully saturated rings. The van der Waals surface area contributed by atoms with Gasteiger partial charge in [0.1, 0.15) is 12.4 Å². The van der Waals surface area contributed by atoms with Crippen LogP contribution in [0.1, 0.15) is 32.5 Å². The maximum atomic E-state index is 10.7. The van der Waals surface area contributed by atoms with Crippen molar-refractivity contribution >= 4 is 5.97 Å². The second-order valence-corrected chi connectivity index (χ2v) is 4.30. The van der Waals surface area contributed by atoms with Crippen molar-refractivity contribution in [3.63, 3.8) is 0 Å². The van der Waals surface area contributed by atoms with Gasteiger partial charge in [0.05, 0.1) is 13.6 Å². The normalized spacial score (nSPS) is 12.7. The highest BCUT2D eigenvalue weighted by Crippen LogP contribution is 2.05. The van der Waals surface area contributed by atoms with Crippen LogP contribution in [-0.2, 0) is 24.8 Å². The van der Waals surface area contributed by atoms with Crippen LogP contribution in [0, 0.1) is 5.92 Å². The van der Waals surface area contributed by atoms with Gasteiger partial charge in [-0.3, -0.25) is 0 Å². The van der Waals surface area contributed by atoms with Gasteiger partial charge in [-0.05, 0) is 6.42 Å². The van der Waals surface area contributed by atoms with Crippen LogP contribution in [0.3, 0.4) is 0 Å². The van der Waals surface area contributed by atoms with E-state index in [-0.39, 0.29) is 0 Å². The number of carbonyl (C=O) groups excluding carboxylic acids is 1. The van der Waals surface area contributed by atoms with Crippen molar-refractivity contribution in [2.24, 2.45) is 13.0 Å². The fourth-order valence-corrected chi connectivity index (χ4v) is 1.75. The number of nitrogens with zero attached hydrogens (tertiary/aromatic N) is 2. The molecule has 16 heavy (non-hydrogen) atoms. The number of aromatic nitrogens is 2. The third-order valence-electron chi connectivity index (χ3n) is 2.84. The molecule has 0 radical (unpaired) electrons. The molecule has 1 atom stereocenters. The molecule has 1 aromatic rings. The lowest BCUT2D eigenvalue weighted by molar-refractivity contribution is -0.678. The number of imidazole rings is 1. The van der Waals surface area contributed by atoms with Gasteiger partial charge in [0, 0.05) is 18.3 Å². The monoisotopic (exact) mass is 224 g/mol. The van der Waals surface area contributed by atoms with E-state index in [0.29, 0.717) is 6.54 Å². The summed E-state index contributed by atoms with van der Waals surface area (Å²) in [6.45, 7) is 4.32.